The molecule has 0 fully saturated rings. The van der Waals surface area contributed by atoms with Crippen LogP contribution in [0.1, 0.15) is 10.4 Å². The maximum atomic E-state index is 11.3. The van der Waals surface area contributed by atoms with Gasteiger partial charge in [-0.05, 0) is 18.2 Å². The highest BCUT2D eigenvalue weighted by atomic mass is 35.5. The Hall–Kier alpha value is -1.26. The SMILES string of the molecule is CNC(=O)c1ccc(N=C(N)CCl)cc1Cl. The summed E-state index contributed by atoms with van der Waals surface area (Å²) in [4.78, 5) is 15.4. The van der Waals surface area contributed by atoms with Crippen molar-refractivity contribution in [3.63, 3.8) is 0 Å². The first-order valence-electron chi connectivity index (χ1n) is 4.49. The predicted octanol–water partition coefficient (Wildman–Crippen LogP) is 1.93. The monoisotopic (exact) mass is 259 g/mol. The number of nitrogens with one attached hydrogen (secondary N) is 1. The molecule has 0 aliphatic carbocycles. The van der Waals surface area contributed by atoms with E-state index in [9.17, 15) is 4.79 Å². The van der Waals surface area contributed by atoms with Crippen LogP contribution in [-0.4, -0.2) is 24.7 Å². The molecule has 0 radical (unpaired) electrons. The first kappa shape index (κ1) is 12.8. The van der Waals surface area contributed by atoms with E-state index in [1.807, 2.05) is 0 Å². The molecule has 0 aliphatic rings. The summed E-state index contributed by atoms with van der Waals surface area (Å²) in [5.41, 5.74) is 6.44. The Balaban J connectivity index is 3.04. The molecule has 86 valence electrons. The van der Waals surface area contributed by atoms with Crippen LogP contribution in [-0.2, 0) is 0 Å². The number of rotatable bonds is 3. The molecule has 0 bridgehead atoms. The summed E-state index contributed by atoms with van der Waals surface area (Å²) < 4.78 is 0. The molecule has 1 rings (SSSR count). The van der Waals surface area contributed by atoms with Crippen LogP contribution < -0.4 is 11.1 Å². The van der Waals surface area contributed by atoms with E-state index in [0.29, 0.717) is 22.1 Å². The number of alkyl halides is 1. The number of amides is 1. The van der Waals surface area contributed by atoms with Crippen molar-refractivity contribution < 1.29 is 4.79 Å². The Kier molecular flexibility index (Phi) is 4.58. The summed E-state index contributed by atoms with van der Waals surface area (Å²) in [6, 6.07) is 4.79. The van der Waals surface area contributed by atoms with Gasteiger partial charge in [-0.25, -0.2) is 4.99 Å². The van der Waals surface area contributed by atoms with Gasteiger partial charge in [-0.1, -0.05) is 11.6 Å². The second-order valence-electron chi connectivity index (χ2n) is 2.98. The van der Waals surface area contributed by atoms with Gasteiger partial charge in [0.1, 0.15) is 5.84 Å². The normalized spacial score (nSPS) is 11.3. The lowest BCUT2D eigenvalue weighted by Gasteiger charge is -2.03. The zero-order chi connectivity index (χ0) is 12.1. The van der Waals surface area contributed by atoms with E-state index in [1.165, 1.54) is 7.05 Å². The zero-order valence-electron chi connectivity index (χ0n) is 8.63. The van der Waals surface area contributed by atoms with Crippen LogP contribution in [0.2, 0.25) is 5.02 Å². The van der Waals surface area contributed by atoms with Crippen molar-refractivity contribution in [1.82, 2.24) is 5.32 Å². The maximum Gasteiger partial charge on any atom is 0.252 e. The molecule has 1 aromatic carbocycles. The Morgan fingerprint density at radius 3 is 2.75 bits per heavy atom. The number of hydrogen-bond donors (Lipinski definition) is 2. The van der Waals surface area contributed by atoms with E-state index in [4.69, 9.17) is 28.9 Å². The number of halogens is 2. The smallest absolute Gasteiger partial charge is 0.252 e. The van der Waals surface area contributed by atoms with E-state index >= 15 is 0 Å². The number of carbonyl (C=O) groups is 1. The minimum atomic E-state index is -0.245. The second-order valence-corrected chi connectivity index (χ2v) is 3.65. The van der Waals surface area contributed by atoms with Crippen molar-refractivity contribution in [2.75, 3.05) is 12.9 Å². The quantitative estimate of drug-likeness (QED) is 0.495. The van der Waals surface area contributed by atoms with Gasteiger partial charge in [0, 0.05) is 7.05 Å². The molecule has 3 N–H and O–H groups in total. The van der Waals surface area contributed by atoms with Crippen LogP contribution in [0.25, 0.3) is 0 Å². The van der Waals surface area contributed by atoms with Gasteiger partial charge in [0.25, 0.3) is 5.91 Å². The summed E-state index contributed by atoms with van der Waals surface area (Å²) in [5.74, 6) is 0.200. The highest BCUT2D eigenvalue weighted by molar-refractivity contribution is 6.34. The van der Waals surface area contributed by atoms with E-state index in [1.54, 1.807) is 18.2 Å². The molecule has 1 amide bonds. The fourth-order valence-corrected chi connectivity index (χ4v) is 1.41. The highest BCUT2D eigenvalue weighted by Crippen LogP contribution is 2.22. The van der Waals surface area contributed by atoms with Crippen molar-refractivity contribution in [3.05, 3.63) is 28.8 Å². The molecular weight excluding hydrogens is 249 g/mol. The number of aliphatic imine (C=N–C) groups is 1. The molecule has 0 saturated heterocycles. The first-order chi connectivity index (χ1) is 7.58. The fraction of sp³-hybridized carbons (Fsp3) is 0.200. The minimum Gasteiger partial charge on any atom is -0.386 e. The van der Waals surface area contributed by atoms with Crippen LogP contribution >= 0.6 is 23.2 Å². The lowest BCUT2D eigenvalue weighted by atomic mass is 10.2. The number of hydrogen-bond acceptors (Lipinski definition) is 2. The van der Waals surface area contributed by atoms with Gasteiger partial charge in [-0.15, -0.1) is 11.6 Å². The van der Waals surface area contributed by atoms with Crippen molar-refractivity contribution in [2.24, 2.45) is 10.7 Å². The average Bonchev–Trinajstić information content (AvgIpc) is 2.28. The second kappa shape index (κ2) is 5.72. The molecule has 6 heteroatoms. The summed E-state index contributed by atoms with van der Waals surface area (Å²) in [7, 11) is 1.54. The molecule has 1 aromatic rings. The predicted molar refractivity (Wildman–Crippen MR) is 66.8 cm³/mol. The van der Waals surface area contributed by atoms with Gasteiger partial charge >= 0.3 is 0 Å². The van der Waals surface area contributed by atoms with E-state index in [-0.39, 0.29) is 11.8 Å². The standard InChI is InChI=1S/C10H11Cl2N3O/c1-14-10(16)7-3-2-6(4-8(7)12)15-9(13)5-11/h2-4H,5H2,1H3,(H2,13,15)(H,14,16). The minimum absolute atomic E-state index is 0.148. The van der Waals surface area contributed by atoms with Gasteiger partial charge in [0.05, 0.1) is 22.2 Å². The maximum absolute atomic E-state index is 11.3. The van der Waals surface area contributed by atoms with E-state index in [0.717, 1.165) is 0 Å². The van der Waals surface area contributed by atoms with Crippen LogP contribution in [0.5, 0.6) is 0 Å². The Bertz CT molecular complexity index is 432. The van der Waals surface area contributed by atoms with Gasteiger partial charge in [-0.2, -0.15) is 0 Å². The molecule has 16 heavy (non-hydrogen) atoms. The number of nitrogens with zero attached hydrogens (tertiary/aromatic N) is 1. The fourth-order valence-electron chi connectivity index (χ4n) is 1.09. The Labute approximate surface area is 103 Å². The molecule has 0 saturated carbocycles. The summed E-state index contributed by atoms with van der Waals surface area (Å²) in [6.45, 7) is 0. The van der Waals surface area contributed by atoms with Gasteiger partial charge in [0.15, 0.2) is 0 Å². The topological polar surface area (TPSA) is 67.5 Å². The van der Waals surface area contributed by atoms with Crippen molar-refractivity contribution in [1.29, 1.82) is 0 Å². The van der Waals surface area contributed by atoms with Crippen LogP contribution in [0.15, 0.2) is 23.2 Å². The number of amidine groups is 1. The lowest BCUT2D eigenvalue weighted by molar-refractivity contribution is 0.0963. The molecule has 4 nitrogen and oxygen atoms in total. The van der Waals surface area contributed by atoms with Gasteiger partial charge < -0.3 is 11.1 Å². The van der Waals surface area contributed by atoms with E-state index in [2.05, 4.69) is 10.3 Å². The van der Waals surface area contributed by atoms with Gasteiger partial charge in [0.2, 0.25) is 0 Å². The first-order valence-corrected chi connectivity index (χ1v) is 5.40. The highest BCUT2D eigenvalue weighted by Gasteiger charge is 2.08. The third-order valence-electron chi connectivity index (χ3n) is 1.83. The third-order valence-corrected chi connectivity index (χ3v) is 2.42. The van der Waals surface area contributed by atoms with Crippen molar-refractivity contribution in [2.45, 2.75) is 0 Å². The Morgan fingerprint density at radius 2 is 2.25 bits per heavy atom. The van der Waals surface area contributed by atoms with Crippen LogP contribution in [0, 0.1) is 0 Å². The largest absolute Gasteiger partial charge is 0.386 e. The molecular formula is C10H11Cl2N3O. The number of benzene rings is 1. The third kappa shape index (κ3) is 3.12. The van der Waals surface area contributed by atoms with Crippen molar-refractivity contribution in [3.8, 4) is 0 Å². The number of carbonyl (C=O) groups excluding carboxylic acids is 1. The Morgan fingerprint density at radius 1 is 1.56 bits per heavy atom. The summed E-state index contributed by atoms with van der Waals surface area (Å²) in [5, 5.41) is 2.81. The van der Waals surface area contributed by atoms with Gasteiger partial charge in [-0.3, -0.25) is 4.79 Å². The molecule has 0 aromatic heterocycles. The summed E-state index contributed by atoms with van der Waals surface area (Å²) in [6.07, 6.45) is 0. The average molecular weight is 260 g/mol. The lowest BCUT2D eigenvalue weighted by Crippen LogP contribution is -2.18. The molecule has 0 unspecified atom stereocenters. The van der Waals surface area contributed by atoms with Crippen LogP contribution in [0.3, 0.4) is 0 Å². The van der Waals surface area contributed by atoms with Crippen molar-refractivity contribution >= 4 is 40.6 Å². The molecule has 0 heterocycles. The molecule has 0 atom stereocenters. The zero-order valence-corrected chi connectivity index (χ0v) is 10.1. The molecule has 0 aliphatic heterocycles. The van der Waals surface area contributed by atoms with E-state index < -0.39 is 0 Å². The molecule has 0 spiro atoms. The number of nitrogens with two attached hydrogens (primary N) is 1. The van der Waals surface area contributed by atoms with Crippen LogP contribution in [0.4, 0.5) is 5.69 Å². The summed E-state index contributed by atoms with van der Waals surface area (Å²) >= 11 is 11.4.